The van der Waals surface area contributed by atoms with Gasteiger partial charge in [0.15, 0.2) is 0 Å². The van der Waals surface area contributed by atoms with E-state index in [4.69, 9.17) is 5.73 Å². The Kier molecular flexibility index (Phi) is 4.66. The lowest BCUT2D eigenvalue weighted by Crippen LogP contribution is -2.34. The van der Waals surface area contributed by atoms with Gasteiger partial charge in [-0.25, -0.2) is 0 Å². The van der Waals surface area contributed by atoms with E-state index in [2.05, 4.69) is 0 Å². The standard InChI is InChI=1S/C14H18F3NOS/c15-14(16,17)20-11-5-3-10(4-6-11)12(19)13(9-18)7-1-2-8-13/h3-6,12,19H,1-2,7-9,18H2. The van der Waals surface area contributed by atoms with E-state index < -0.39 is 11.6 Å². The minimum Gasteiger partial charge on any atom is -0.388 e. The Morgan fingerprint density at radius 1 is 1.20 bits per heavy atom. The van der Waals surface area contributed by atoms with Gasteiger partial charge < -0.3 is 10.8 Å². The van der Waals surface area contributed by atoms with Gasteiger partial charge in [0, 0.05) is 16.9 Å². The molecule has 0 heterocycles. The van der Waals surface area contributed by atoms with E-state index in [0.29, 0.717) is 12.1 Å². The number of rotatable bonds is 4. The summed E-state index contributed by atoms with van der Waals surface area (Å²) < 4.78 is 36.8. The molecule has 0 amide bonds. The molecule has 0 radical (unpaired) electrons. The highest BCUT2D eigenvalue weighted by Gasteiger charge is 2.40. The summed E-state index contributed by atoms with van der Waals surface area (Å²) >= 11 is -0.148. The van der Waals surface area contributed by atoms with E-state index in [0.717, 1.165) is 25.7 Å². The van der Waals surface area contributed by atoms with Gasteiger partial charge in [-0.2, -0.15) is 13.2 Å². The number of hydrogen-bond donors (Lipinski definition) is 2. The number of thioether (sulfide) groups is 1. The molecule has 1 saturated carbocycles. The minimum absolute atomic E-state index is 0.127. The van der Waals surface area contributed by atoms with Crippen LogP contribution in [0.25, 0.3) is 0 Å². The summed E-state index contributed by atoms with van der Waals surface area (Å²) in [6.07, 6.45) is 3.10. The van der Waals surface area contributed by atoms with E-state index in [-0.39, 0.29) is 22.1 Å². The molecule has 0 saturated heterocycles. The van der Waals surface area contributed by atoms with Crippen LogP contribution in [-0.2, 0) is 0 Å². The first-order chi connectivity index (χ1) is 9.36. The van der Waals surface area contributed by atoms with E-state index >= 15 is 0 Å². The highest BCUT2D eigenvalue weighted by atomic mass is 32.2. The Morgan fingerprint density at radius 2 is 1.75 bits per heavy atom. The van der Waals surface area contributed by atoms with Crippen molar-refractivity contribution in [1.82, 2.24) is 0 Å². The van der Waals surface area contributed by atoms with Crippen LogP contribution < -0.4 is 5.73 Å². The van der Waals surface area contributed by atoms with Gasteiger partial charge in [-0.1, -0.05) is 25.0 Å². The lowest BCUT2D eigenvalue weighted by molar-refractivity contribution is -0.0328. The lowest BCUT2D eigenvalue weighted by Gasteiger charge is -2.33. The Hall–Kier alpha value is -0.720. The second-order valence-corrected chi connectivity index (χ2v) is 6.43. The Bertz CT molecular complexity index is 441. The molecule has 112 valence electrons. The van der Waals surface area contributed by atoms with Crippen molar-refractivity contribution in [2.45, 2.75) is 42.2 Å². The fourth-order valence-electron chi connectivity index (χ4n) is 2.87. The van der Waals surface area contributed by atoms with Crippen molar-refractivity contribution >= 4 is 11.8 Å². The SMILES string of the molecule is NCC1(C(O)c2ccc(SC(F)(F)F)cc2)CCCC1. The Morgan fingerprint density at radius 3 is 2.20 bits per heavy atom. The van der Waals surface area contributed by atoms with Crippen LogP contribution in [-0.4, -0.2) is 17.2 Å². The molecular formula is C14H18F3NOS. The molecule has 6 heteroatoms. The van der Waals surface area contributed by atoms with E-state index in [1.54, 1.807) is 12.1 Å². The van der Waals surface area contributed by atoms with E-state index in [9.17, 15) is 18.3 Å². The smallest absolute Gasteiger partial charge is 0.388 e. The number of hydrogen-bond acceptors (Lipinski definition) is 3. The van der Waals surface area contributed by atoms with Crippen LogP contribution in [0.15, 0.2) is 29.2 Å². The van der Waals surface area contributed by atoms with Crippen LogP contribution in [0.2, 0.25) is 0 Å². The Labute approximate surface area is 120 Å². The lowest BCUT2D eigenvalue weighted by atomic mass is 9.77. The summed E-state index contributed by atoms with van der Waals surface area (Å²) in [5, 5.41) is 10.5. The number of benzene rings is 1. The van der Waals surface area contributed by atoms with Crippen LogP contribution >= 0.6 is 11.8 Å². The highest BCUT2D eigenvalue weighted by molar-refractivity contribution is 8.00. The van der Waals surface area contributed by atoms with Gasteiger partial charge in [0.05, 0.1) is 6.10 Å². The molecule has 0 spiro atoms. The zero-order valence-corrected chi connectivity index (χ0v) is 11.8. The first kappa shape index (κ1) is 15.7. The maximum atomic E-state index is 12.3. The van der Waals surface area contributed by atoms with E-state index in [1.165, 1.54) is 12.1 Å². The summed E-state index contributed by atoms with van der Waals surface area (Å²) in [6.45, 7) is 0.396. The number of alkyl halides is 3. The largest absolute Gasteiger partial charge is 0.446 e. The van der Waals surface area contributed by atoms with Crippen LogP contribution in [0.5, 0.6) is 0 Å². The zero-order chi connectivity index (χ0) is 14.8. The summed E-state index contributed by atoms with van der Waals surface area (Å²) in [5.41, 5.74) is 1.84. The van der Waals surface area contributed by atoms with Gasteiger partial charge >= 0.3 is 5.51 Å². The van der Waals surface area contributed by atoms with Crippen LogP contribution in [0.1, 0.15) is 37.4 Å². The number of halogens is 3. The number of nitrogens with two attached hydrogens (primary N) is 1. The monoisotopic (exact) mass is 305 g/mol. The first-order valence-corrected chi connectivity index (χ1v) is 7.42. The number of aliphatic hydroxyl groups excluding tert-OH is 1. The van der Waals surface area contributed by atoms with Gasteiger partial charge in [-0.3, -0.25) is 0 Å². The molecule has 1 aromatic rings. The molecule has 1 aliphatic carbocycles. The van der Waals surface area contributed by atoms with Crippen LogP contribution in [0.4, 0.5) is 13.2 Å². The predicted molar refractivity (Wildman–Crippen MR) is 73.3 cm³/mol. The maximum absolute atomic E-state index is 12.3. The number of aliphatic hydroxyl groups is 1. The van der Waals surface area contributed by atoms with Crippen molar-refractivity contribution in [3.05, 3.63) is 29.8 Å². The molecule has 1 fully saturated rings. The van der Waals surface area contributed by atoms with Crippen molar-refractivity contribution in [1.29, 1.82) is 0 Å². The first-order valence-electron chi connectivity index (χ1n) is 6.60. The fourth-order valence-corrected chi connectivity index (χ4v) is 3.41. The summed E-state index contributed by atoms with van der Waals surface area (Å²) in [6, 6.07) is 5.93. The third-order valence-electron chi connectivity index (χ3n) is 4.02. The van der Waals surface area contributed by atoms with Crippen molar-refractivity contribution in [3.8, 4) is 0 Å². The summed E-state index contributed by atoms with van der Waals surface area (Å²) in [5.74, 6) is 0. The zero-order valence-electron chi connectivity index (χ0n) is 11.0. The van der Waals surface area contributed by atoms with Crippen molar-refractivity contribution in [2.75, 3.05) is 6.54 Å². The van der Waals surface area contributed by atoms with E-state index in [1.807, 2.05) is 0 Å². The second-order valence-electron chi connectivity index (χ2n) is 5.29. The molecule has 20 heavy (non-hydrogen) atoms. The fraction of sp³-hybridized carbons (Fsp3) is 0.571. The topological polar surface area (TPSA) is 46.2 Å². The van der Waals surface area contributed by atoms with Gasteiger partial charge in [0.1, 0.15) is 0 Å². The highest BCUT2D eigenvalue weighted by Crippen LogP contribution is 2.47. The molecule has 0 aromatic heterocycles. The average Bonchev–Trinajstić information content (AvgIpc) is 2.87. The molecule has 2 rings (SSSR count). The normalized spacial score (nSPS) is 20.1. The summed E-state index contributed by atoms with van der Waals surface area (Å²) in [4.78, 5) is 0.127. The second kappa shape index (κ2) is 5.95. The summed E-state index contributed by atoms with van der Waals surface area (Å²) in [7, 11) is 0. The molecule has 1 aromatic carbocycles. The maximum Gasteiger partial charge on any atom is 0.446 e. The molecule has 1 atom stereocenters. The molecule has 0 bridgehead atoms. The van der Waals surface area contributed by atoms with Gasteiger partial charge in [-0.15, -0.1) is 0 Å². The molecule has 1 aliphatic rings. The minimum atomic E-state index is -4.29. The Balaban J connectivity index is 2.13. The third-order valence-corrected chi connectivity index (χ3v) is 4.75. The van der Waals surface area contributed by atoms with Gasteiger partial charge in [-0.05, 0) is 42.3 Å². The van der Waals surface area contributed by atoms with Crippen molar-refractivity contribution in [3.63, 3.8) is 0 Å². The molecule has 3 N–H and O–H groups in total. The van der Waals surface area contributed by atoms with Crippen molar-refractivity contribution < 1.29 is 18.3 Å². The molecule has 1 unspecified atom stereocenters. The van der Waals surface area contributed by atoms with Gasteiger partial charge in [0.2, 0.25) is 0 Å². The molecule has 2 nitrogen and oxygen atoms in total. The predicted octanol–water partition coefficient (Wildman–Crippen LogP) is 3.85. The molecular weight excluding hydrogens is 287 g/mol. The quantitative estimate of drug-likeness (QED) is 0.831. The third kappa shape index (κ3) is 3.48. The van der Waals surface area contributed by atoms with Crippen LogP contribution in [0, 0.1) is 5.41 Å². The van der Waals surface area contributed by atoms with Crippen LogP contribution in [0.3, 0.4) is 0 Å². The average molecular weight is 305 g/mol. The molecule has 0 aliphatic heterocycles. The van der Waals surface area contributed by atoms with Gasteiger partial charge in [0.25, 0.3) is 0 Å². The van der Waals surface area contributed by atoms with Crippen molar-refractivity contribution in [2.24, 2.45) is 11.1 Å².